The molecule has 1 heterocycles. The molecule has 0 saturated carbocycles. The highest BCUT2D eigenvalue weighted by Gasteiger charge is 2.33. The quantitative estimate of drug-likeness (QED) is 0.555. The first-order valence-electron chi connectivity index (χ1n) is 10.9. The molecule has 6 nitrogen and oxygen atoms in total. The van der Waals surface area contributed by atoms with Crippen LogP contribution in [0.3, 0.4) is 0 Å². The molecule has 0 unspecified atom stereocenters. The Bertz CT molecular complexity index is 1250. The number of nitrogens with one attached hydrogen (secondary N) is 1. The molecule has 1 fully saturated rings. The number of piperidine rings is 1. The number of sulfonamides is 1. The molecule has 0 aliphatic carbocycles. The van der Waals surface area contributed by atoms with Gasteiger partial charge in [-0.2, -0.15) is 4.31 Å². The average molecular weight is 463 g/mol. The van der Waals surface area contributed by atoms with E-state index in [1.165, 1.54) is 4.31 Å². The van der Waals surface area contributed by atoms with E-state index in [2.05, 4.69) is 5.32 Å². The van der Waals surface area contributed by atoms with Crippen molar-refractivity contribution in [3.05, 3.63) is 95.6 Å². The largest absolute Gasteiger partial charge is 0.325 e. The van der Waals surface area contributed by atoms with Gasteiger partial charge in [0, 0.05) is 24.2 Å². The van der Waals surface area contributed by atoms with E-state index in [1.54, 1.807) is 72.8 Å². The molecule has 170 valence electrons. The Kier molecular flexibility index (Phi) is 6.72. The molecule has 1 aliphatic rings. The molecule has 3 aromatic rings. The molecule has 1 amide bonds. The van der Waals surface area contributed by atoms with E-state index in [4.69, 9.17) is 0 Å². The van der Waals surface area contributed by atoms with Crippen molar-refractivity contribution >= 4 is 27.4 Å². The normalized spacial score (nSPS) is 16.8. The lowest BCUT2D eigenvalue weighted by Crippen LogP contribution is -2.43. The molecule has 1 N–H and O–H groups in total. The number of anilines is 1. The van der Waals surface area contributed by atoms with Gasteiger partial charge >= 0.3 is 0 Å². The summed E-state index contributed by atoms with van der Waals surface area (Å²) < 4.78 is 27.5. The fourth-order valence-corrected chi connectivity index (χ4v) is 5.53. The van der Waals surface area contributed by atoms with Gasteiger partial charge in [0.1, 0.15) is 0 Å². The van der Waals surface area contributed by atoms with Crippen LogP contribution in [-0.4, -0.2) is 37.5 Å². The molecule has 1 saturated heterocycles. The number of hydrogen-bond donors (Lipinski definition) is 1. The summed E-state index contributed by atoms with van der Waals surface area (Å²) in [5.74, 6) is -0.968. The highest BCUT2D eigenvalue weighted by molar-refractivity contribution is 7.89. The standard InChI is InChI=1S/C26H26N2O4S/c1-19-13-15-22(16-14-19)33(31,32)28-17-7-10-21(18-28)26(30)27-24-12-6-5-11-23(24)25(29)20-8-3-2-4-9-20/h2-6,8-9,11-16,21H,7,10,17-18H2,1H3,(H,27,30)/t21-/m0/s1. The van der Waals surface area contributed by atoms with Crippen molar-refractivity contribution in [1.82, 2.24) is 4.31 Å². The molecule has 0 aromatic heterocycles. The van der Waals surface area contributed by atoms with Crippen molar-refractivity contribution < 1.29 is 18.0 Å². The minimum atomic E-state index is -3.68. The number of carbonyl (C=O) groups excluding carboxylic acids is 2. The lowest BCUT2D eigenvalue weighted by molar-refractivity contribution is -0.120. The first-order chi connectivity index (χ1) is 15.9. The molecule has 0 radical (unpaired) electrons. The number of benzene rings is 3. The lowest BCUT2D eigenvalue weighted by atomic mass is 9.97. The summed E-state index contributed by atoms with van der Waals surface area (Å²) >= 11 is 0. The second kappa shape index (κ2) is 9.68. The topological polar surface area (TPSA) is 83.6 Å². The van der Waals surface area contributed by atoms with Gasteiger partial charge < -0.3 is 5.32 Å². The van der Waals surface area contributed by atoms with Crippen LogP contribution in [0.25, 0.3) is 0 Å². The van der Waals surface area contributed by atoms with Crippen LogP contribution in [-0.2, 0) is 14.8 Å². The highest BCUT2D eigenvalue weighted by Crippen LogP contribution is 2.26. The number of amides is 1. The Labute approximate surface area is 194 Å². The summed E-state index contributed by atoms with van der Waals surface area (Å²) in [5.41, 5.74) is 2.34. The zero-order valence-corrected chi connectivity index (χ0v) is 19.2. The van der Waals surface area contributed by atoms with Gasteiger partial charge in [-0.15, -0.1) is 0 Å². The highest BCUT2D eigenvalue weighted by atomic mass is 32.2. The molecule has 7 heteroatoms. The maximum Gasteiger partial charge on any atom is 0.243 e. The van der Waals surface area contributed by atoms with Crippen molar-refractivity contribution in [1.29, 1.82) is 0 Å². The summed E-state index contributed by atoms with van der Waals surface area (Å²) in [4.78, 5) is 26.3. The monoisotopic (exact) mass is 462 g/mol. The van der Waals surface area contributed by atoms with Gasteiger partial charge in [-0.25, -0.2) is 8.42 Å². The van der Waals surface area contributed by atoms with Crippen molar-refractivity contribution in [3.8, 4) is 0 Å². The second-order valence-electron chi connectivity index (χ2n) is 8.25. The Hall–Kier alpha value is -3.29. The first-order valence-corrected chi connectivity index (χ1v) is 12.4. The van der Waals surface area contributed by atoms with Crippen LogP contribution in [0.15, 0.2) is 83.8 Å². The van der Waals surface area contributed by atoms with Crippen LogP contribution in [0.2, 0.25) is 0 Å². The fraction of sp³-hybridized carbons (Fsp3) is 0.231. The van der Waals surface area contributed by atoms with Gasteiger partial charge in [0.15, 0.2) is 5.78 Å². The molecule has 0 spiro atoms. The van der Waals surface area contributed by atoms with Crippen LogP contribution in [0, 0.1) is 12.8 Å². The number of rotatable bonds is 6. The summed E-state index contributed by atoms with van der Waals surface area (Å²) in [6.07, 6.45) is 1.17. The third-order valence-corrected chi connectivity index (χ3v) is 7.76. The van der Waals surface area contributed by atoms with Crippen molar-refractivity contribution in [2.24, 2.45) is 5.92 Å². The smallest absolute Gasteiger partial charge is 0.243 e. The zero-order valence-electron chi connectivity index (χ0n) is 18.4. The van der Waals surface area contributed by atoms with Crippen molar-refractivity contribution in [2.45, 2.75) is 24.7 Å². The van der Waals surface area contributed by atoms with Crippen molar-refractivity contribution in [2.75, 3.05) is 18.4 Å². The van der Waals surface area contributed by atoms with Crippen molar-refractivity contribution in [3.63, 3.8) is 0 Å². The summed E-state index contributed by atoms with van der Waals surface area (Å²) in [5, 5.41) is 2.87. The molecular formula is C26H26N2O4S. The SMILES string of the molecule is Cc1ccc(S(=O)(=O)N2CCC[C@H](C(=O)Nc3ccccc3C(=O)c3ccccc3)C2)cc1. The van der Waals surface area contributed by atoms with Gasteiger partial charge in [-0.3, -0.25) is 9.59 Å². The third-order valence-electron chi connectivity index (χ3n) is 5.88. The fourth-order valence-electron chi connectivity index (χ4n) is 4.00. The molecule has 4 rings (SSSR count). The second-order valence-corrected chi connectivity index (χ2v) is 10.2. The maximum atomic E-state index is 13.1. The van der Waals surface area contributed by atoms with E-state index in [-0.39, 0.29) is 23.1 Å². The van der Waals surface area contributed by atoms with Crippen LogP contribution >= 0.6 is 0 Å². The predicted molar refractivity (Wildman–Crippen MR) is 128 cm³/mol. The maximum absolute atomic E-state index is 13.1. The van der Waals surface area contributed by atoms with Crippen LogP contribution in [0.5, 0.6) is 0 Å². The molecular weight excluding hydrogens is 436 g/mol. The Balaban J connectivity index is 1.50. The molecule has 1 atom stereocenters. The molecule has 1 aliphatic heterocycles. The summed E-state index contributed by atoms with van der Waals surface area (Å²) in [7, 11) is -3.68. The zero-order chi connectivity index (χ0) is 23.4. The van der Waals surface area contributed by atoms with Gasteiger partial charge in [0.25, 0.3) is 0 Å². The minimum absolute atomic E-state index is 0.108. The molecule has 0 bridgehead atoms. The Morgan fingerprint density at radius 1 is 0.909 bits per heavy atom. The number of carbonyl (C=O) groups is 2. The summed E-state index contributed by atoms with van der Waals surface area (Å²) in [6.45, 7) is 2.39. The predicted octanol–water partition coefficient (Wildman–Crippen LogP) is 4.27. The lowest BCUT2D eigenvalue weighted by Gasteiger charge is -2.31. The number of hydrogen-bond acceptors (Lipinski definition) is 4. The first kappa shape index (κ1) is 22.9. The van der Waals surface area contributed by atoms with E-state index in [9.17, 15) is 18.0 Å². The number of para-hydroxylation sites is 1. The van der Waals surface area contributed by atoms with E-state index >= 15 is 0 Å². The van der Waals surface area contributed by atoms with E-state index in [1.807, 2.05) is 13.0 Å². The minimum Gasteiger partial charge on any atom is -0.325 e. The van der Waals surface area contributed by atoms with Gasteiger partial charge in [-0.1, -0.05) is 60.2 Å². The number of nitrogens with zero attached hydrogens (tertiary/aromatic N) is 1. The average Bonchev–Trinajstić information content (AvgIpc) is 2.85. The van der Waals surface area contributed by atoms with Gasteiger partial charge in [-0.05, 0) is 44.0 Å². The number of ketones is 1. The number of aryl methyl sites for hydroxylation is 1. The molecule has 3 aromatic carbocycles. The van der Waals surface area contributed by atoms with E-state index in [0.717, 1.165) is 5.56 Å². The van der Waals surface area contributed by atoms with Crippen LogP contribution in [0.1, 0.15) is 34.3 Å². The third kappa shape index (κ3) is 5.05. The van der Waals surface area contributed by atoms with Gasteiger partial charge in [0.05, 0.1) is 16.5 Å². The van der Waals surface area contributed by atoms with Crippen LogP contribution in [0.4, 0.5) is 5.69 Å². The van der Waals surface area contributed by atoms with Gasteiger partial charge in [0.2, 0.25) is 15.9 Å². The summed E-state index contributed by atoms with van der Waals surface area (Å²) in [6, 6.07) is 22.5. The molecule has 33 heavy (non-hydrogen) atoms. The Morgan fingerprint density at radius 3 is 2.30 bits per heavy atom. The van der Waals surface area contributed by atoms with Crippen LogP contribution < -0.4 is 5.32 Å². The van der Waals surface area contributed by atoms with E-state index in [0.29, 0.717) is 36.2 Å². The Morgan fingerprint density at radius 2 is 1.58 bits per heavy atom. The van der Waals surface area contributed by atoms with E-state index < -0.39 is 15.9 Å².